The maximum Gasteiger partial charge on any atom is 0.249 e. The second kappa shape index (κ2) is 4.49. The van der Waals surface area contributed by atoms with Gasteiger partial charge in [0.15, 0.2) is 0 Å². The van der Waals surface area contributed by atoms with Crippen molar-refractivity contribution < 1.29 is 9.53 Å². The van der Waals surface area contributed by atoms with E-state index in [4.69, 9.17) is 10.5 Å². The monoisotopic (exact) mass is 212 g/mol. The van der Waals surface area contributed by atoms with Crippen LogP contribution in [0.4, 0.5) is 0 Å². The first-order chi connectivity index (χ1) is 7.19. The van der Waals surface area contributed by atoms with E-state index in [0.717, 1.165) is 32.2 Å². The van der Waals surface area contributed by atoms with Crippen LogP contribution < -0.4 is 11.1 Å². The molecule has 4 nitrogen and oxygen atoms in total. The van der Waals surface area contributed by atoms with Gasteiger partial charge in [0, 0.05) is 6.04 Å². The van der Waals surface area contributed by atoms with E-state index >= 15 is 0 Å². The van der Waals surface area contributed by atoms with Crippen molar-refractivity contribution >= 4 is 5.91 Å². The molecule has 0 bridgehead atoms. The molecule has 1 amide bonds. The number of hydrogen-bond acceptors (Lipinski definition) is 3. The first kappa shape index (κ1) is 10.9. The average molecular weight is 212 g/mol. The second-order valence-corrected chi connectivity index (χ2v) is 4.76. The predicted octanol–water partition coefficient (Wildman–Crippen LogP) is 0.407. The number of carbonyl (C=O) groups is 1. The molecular weight excluding hydrogens is 192 g/mol. The van der Waals surface area contributed by atoms with Crippen LogP contribution >= 0.6 is 0 Å². The lowest BCUT2D eigenvalue weighted by Crippen LogP contribution is -2.43. The molecule has 1 unspecified atom stereocenters. The Balaban J connectivity index is 1.63. The van der Waals surface area contributed by atoms with Crippen LogP contribution in [-0.2, 0) is 9.53 Å². The molecular formula is C11H20N2O2. The summed E-state index contributed by atoms with van der Waals surface area (Å²) in [6.45, 7) is 2.57. The number of nitrogens with two attached hydrogens (primary N) is 1. The quantitative estimate of drug-likeness (QED) is 0.693. The van der Waals surface area contributed by atoms with Gasteiger partial charge in [-0.3, -0.25) is 4.79 Å². The van der Waals surface area contributed by atoms with Crippen LogP contribution in [0.25, 0.3) is 0 Å². The molecule has 0 aromatic rings. The molecule has 2 fully saturated rings. The van der Waals surface area contributed by atoms with E-state index in [1.807, 2.05) is 6.92 Å². The number of rotatable bonds is 5. The minimum atomic E-state index is -0.311. The minimum absolute atomic E-state index is 0.0358. The van der Waals surface area contributed by atoms with E-state index in [-0.39, 0.29) is 18.1 Å². The summed E-state index contributed by atoms with van der Waals surface area (Å²) in [4.78, 5) is 11.6. The molecule has 1 atom stereocenters. The van der Waals surface area contributed by atoms with Gasteiger partial charge in [-0.25, -0.2) is 0 Å². The lowest BCUT2D eigenvalue weighted by molar-refractivity contribution is -0.141. The van der Waals surface area contributed by atoms with E-state index < -0.39 is 0 Å². The van der Waals surface area contributed by atoms with Crippen molar-refractivity contribution in [3.05, 3.63) is 0 Å². The third-order valence-electron chi connectivity index (χ3n) is 3.22. The normalized spacial score (nSPS) is 31.9. The van der Waals surface area contributed by atoms with Crippen LogP contribution in [0.5, 0.6) is 0 Å². The van der Waals surface area contributed by atoms with Gasteiger partial charge in [0.05, 0.1) is 6.10 Å². The Labute approximate surface area is 90.5 Å². The van der Waals surface area contributed by atoms with Gasteiger partial charge in [0.2, 0.25) is 5.91 Å². The summed E-state index contributed by atoms with van der Waals surface area (Å²) in [5, 5.41) is 2.94. The number of amides is 1. The Morgan fingerprint density at radius 2 is 2.20 bits per heavy atom. The highest BCUT2D eigenvalue weighted by Gasteiger charge is 2.32. The van der Waals surface area contributed by atoms with E-state index in [9.17, 15) is 4.79 Å². The van der Waals surface area contributed by atoms with Gasteiger partial charge in [0.25, 0.3) is 0 Å². The summed E-state index contributed by atoms with van der Waals surface area (Å²) in [7, 11) is 0. The Morgan fingerprint density at radius 1 is 1.53 bits per heavy atom. The van der Waals surface area contributed by atoms with Gasteiger partial charge < -0.3 is 15.8 Å². The first-order valence-corrected chi connectivity index (χ1v) is 5.85. The SMILES string of the molecule is CC(OC1CC(CN)C1)C(=O)NC1CC1. The summed E-state index contributed by atoms with van der Waals surface area (Å²) in [5.41, 5.74) is 5.53. The van der Waals surface area contributed by atoms with Crippen molar-refractivity contribution in [1.82, 2.24) is 5.32 Å². The van der Waals surface area contributed by atoms with Crippen molar-refractivity contribution in [2.45, 2.75) is 50.9 Å². The molecule has 15 heavy (non-hydrogen) atoms. The van der Waals surface area contributed by atoms with Crippen molar-refractivity contribution in [3.63, 3.8) is 0 Å². The van der Waals surface area contributed by atoms with Gasteiger partial charge in [0.1, 0.15) is 6.10 Å². The zero-order chi connectivity index (χ0) is 10.8. The molecule has 2 saturated carbocycles. The summed E-state index contributed by atoms with van der Waals surface area (Å²) in [6, 6.07) is 0.418. The standard InChI is InChI=1S/C11H20N2O2/c1-7(11(14)13-9-2-3-9)15-10-4-8(5-10)6-12/h7-10H,2-6,12H2,1H3,(H,13,14). The third-order valence-corrected chi connectivity index (χ3v) is 3.22. The van der Waals surface area contributed by atoms with E-state index in [1.54, 1.807) is 0 Å². The van der Waals surface area contributed by atoms with Crippen molar-refractivity contribution in [2.24, 2.45) is 11.7 Å². The average Bonchev–Trinajstić information content (AvgIpc) is 2.93. The van der Waals surface area contributed by atoms with Gasteiger partial charge in [-0.15, -0.1) is 0 Å². The van der Waals surface area contributed by atoms with Crippen LogP contribution in [0.2, 0.25) is 0 Å². The highest BCUT2D eigenvalue weighted by molar-refractivity contribution is 5.80. The fourth-order valence-electron chi connectivity index (χ4n) is 1.87. The molecule has 2 aliphatic carbocycles. The second-order valence-electron chi connectivity index (χ2n) is 4.76. The lowest BCUT2D eigenvalue weighted by atomic mass is 9.82. The minimum Gasteiger partial charge on any atom is -0.365 e. The van der Waals surface area contributed by atoms with Crippen LogP contribution in [0.3, 0.4) is 0 Å². The molecule has 86 valence electrons. The summed E-state index contributed by atoms with van der Waals surface area (Å²) in [5.74, 6) is 0.641. The number of ether oxygens (including phenoxy) is 1. The maximum absolute atomic E-state index is 11.6. The van der Waals surface area contributed by atoms with Crippen LogP contribution in [0.15, 0.2) is 0 Å². The molecule has 4 heteroatoms. The molecule has 0 radical (unpaired) electrons. The summed E-state index contributed by atoms with van der Waals surface area (Å²) in [6.07, 6.45) is 4.21. The summed E-state index contributed by atoms with van der Waals surface area (Å²) >= 11 is 0. The Hall–Kier alpha value is -0.610. The highest BCUT2D eigenvalue weighted by atomic mass is 16.5. The molecule has 0 aromatic heterocycles. The Kier molecular flexibility index (Phi) is 3.26. The molecule has 0 saturated heterocycles. The van der Waals surface area contributed by atoms with Crippen LogP contribution in [0, 0.1) is 5.92 Å². The third kappa shape index (κ3) is 2.92. The fraction of sp³-hybridized carbons (Fsp3) is 0.909. The van der Waals surface area contributed by atoms with Crippen molar-refractivity contribution in [3.8, 4) is 0 Å². The Morgan fingerprint density at radius 3 is 2.73 bits per heavy atom. The van der Waals surface area contributed by atoms with Crippen LogP contribution in [0.1, 0.15) is 32.6 Å². The molecule has 0 heterocycles. The van der Waals surface area contributed by atoms with E-state index in [1.165, 1.54) is 0 Å². The lowest BCUT2D eigenvalue weighted by Gasteiger charge is -2.35. The topological polar surface area (TPSA) is 64.3 Å². The molecule has 0 aromatic carbocycles. The maximum atomic E-state index is 11.6. The zero-order valence-electron chi connectivity index (χ0n) is 9.24. The van der Waals surface area contributed by atoms with Gasteiger partial charge >= 0.3 is 0 Å². The van der Waals surface area contributed by atoms with E-state index in [2.05, 4.69) is 5.32 Å². The molecule has 0 spiro atoms. The molecule has 0 aliphatic heterocycles. The van der Waals surface area contributed by atoms with Crippen molar-refractivity contribution in [2.75, 3.05) is 6.54 Å². The number of hydrogen-bond donors (Lipinski definition) is 2. The molecule has 2 aliphatic rings. The number of carbonyl (C=O) groups excluding carboxylic acids is 1. The van der Waals surface area contributed by atoms with Crippen molar-refractivity contribution in [1.29, 1.82) is 0 Å². The van der Waals surface area contributed by atoms with E-state index in [0.29, 0.717) is 12.0 Å². The predicted molar refractivity (Wildman–Crippen MR) is 57.3 cm³/mol. The zero-order valence-corrected chi connectivity index (χ0v) is 9.24. The van der Waals surface area contributed by atoms with Gasteiger partial charge in [-0.05, 0) is 45.1 Å². The summed E-state index contributed by atoms with van der Waals surface area (Å²) < 4.78 is 5.64. The first-order valence-electron chi connectivity index (χ1n) is 5.85. The Bertz CT molecular complexity index is 235. The largest absolute Gasteiger partial charge is 0.365 e. The van der Waals surface area contributed by atoms with Gasteiger partial charge in [-0.1, -0.05) is 0 Å². The molecule has 3 N–H and O–H groups in total. The molecule has 2 rings (SSSR count). The van der Waals surface area contributed by atoms with Crippen LogP contribution in [-0.4, -0.2) is 30.7 Å². The number of nitrogens with one attached hydrogen (secondary N) is 1. The van der Waals surface area contributed by atoms with Gasteiger partial charge in [-0.2, -0.15) is 0 Å². The smallest absolute Gasteiger partial charge is 0.249 e. The fourth-order valence-corrected chi connectivity index (χ4v) is 1.87. The highest BCUT2D eigenvalue weighted by Crippen LogP contribution is 2.30.